The van der Waals surface area contributed by atoms with E-state index in [1.807, 2.05) is 0 Å². The van der Waals surface area contributed by atoms with E-state index in [0.29, 0.717) is 5.92 Å². The third-order valence-electron chi connectivity index (χ3n) is 5.73. The summed E-state index contributed by atoms with van der Waals surface area (Å²) in [6, 6.07) is 8.93. The summed E-state index contributed by atoms with van der Waals surface area (Å²) >= 11 is 0. The van der Waals surface area contributed by atoms with Gasteiger partial charge in [-0.2, -0.15) is 0 Å². The molecule has 0 spiro atoms. The van der Waals surface area contributed by atoms with Gasteiger partial charge in [-0.05, 0) is 63.1 Å². The average Bonchev–Trinajstić information content (AvgIpc) is 2.63. The number of aliphatic imine (C=N–C) groups is 1. The minimum Gasteiger partial charge on any atom is -0.370 e. The van der Waals surface area contributed by atoms with Crippen molar-refractivity contribution in [3.63, 3.8) is 0 Å². The van der Waals surface area contributed by atoms with Gasteiger partial charge in [-0.15, -0.1) is 24.0 Å². The molecule has 1 aromatic rings. The number of guanidine groups is 1. The van der Waals surface area contributed by atoms with Gasteiger partial charge >= 0.3 is 0 Å². The monoisotopic (exact) mass is 470 g/mol. The molecule has 2 saturated heterocycles. The molecule has 0 radical (unpaired) electrons. The number of benzene rings is 1. The average molecular weight is 470 g/mol. The molecule has 5 heteroatoms. The molecule has 0 aromatic heterocycles. The normalized spacial score (nSPS) is 22.9. The molecule has 1 unspecified atom stereocenters. The number of aryl methyl sites for hydroxylation is 1. The molecular weight excluding hydrogens is 435 g/mol. The smallest absolute Gasteiger partial charge is 0.191 e. The predicted octanol–water partition coefficient (Wildman–Crippen LogP) is 3.87. The first-order valence-corrected chi connectivity index (χ1v) is 9.93. The highest BCUT2D eigenvalue weighted by Crippen LogP contribution is 2.20. The van der Waals surface area contributed by atoms with Crippen LogP contribution in [-0.4, -0.2) is 48.5 Å². The Morgan fingerprint density at radius 2 is 1.81 bits per heavy atom. The minimum absolute atomic E-state index is 0. The Balaban J connectivity index is 0.00000243. The Hall–Kier alpha value is -0.820. The fourth-order valence-corrected chi connectivity index (χ4v) is 4.00. The van der Waals surface area contributed by atoms with Crippen LogP contribution in [0.3, 0.4) is 0 Å². The van der Waals surface area contributed by atoms with Crippen molar-refractivity contribution in [1.29, 1.82) is 0 Å². The van der Waals surface area contributed by atoms with E-state index in [2.05, 4.69) is 47.9 Å². The molecule has 2 aliphatic heterocycles. The van der Waals surface area contributed by atoms with Crippen LogP contribution in [0.5, 0.6) is 0 Å². The number of hydrogen-bond acceptors (Lipinski definition) is 2. The van der Waals surface area contributed by atoms with E-state index >= 15 is 0 Å². The first-order valence-electron chi connectivity index (χ1n) is 9.93. The molecule has 2 aliphatic rings. The van der Waals surface area contributed by atoms with Gasteiger partial charge in [0.15, 0.2) is 5.96 Å². The summed E-state index contributed by atoms with van der Waals surface area (Å²) in [7, 11) is 0. The lowest BCUT2D eigenvalue weighted by Crippen LogP contribution is -2.44. The molecule has 1 aromatic carbocycles. The highest BCUT2D eigenvalue weighted by atomic mass is 127. The molecule has 1 atom stereocenters. The van der Waals surface area contributed by atoms with Crippen LogP contribution in [0.4, 0.5) is 0 Å². The maximum atomic E-state index is 6.23. The van der Waals surface area contributed by atoms with Crippen molar-refractivity contribution in [2.75, 3.05) is 32.7 Å². The van der Waals surface area contributed by atoms with Gasteiger partial charge in [0.05, 0.1) is 0 Å². The Kier molecular flexibility index (Phi) is 8.67. The zero-order valence-electron chi connectivity index (χ0n) is 16.4. The van der Waals surface area contributed by atoms with Crippen molar-refractivity contribution in [3.05, 3.63) is 35.4 Å². The summed E-state index contributed by atoms with van der Waals surface area (Å²) < 4.78 is 0. The molecule has 26 heavy (non-hydrogen) atoms. The molecule has 2 N–H and O–H groups in total. The van der Waals surface area contributed by atoms with E-state index in [-0.39, 0.29) is 24.0 Å². The highest BCUT2D eigenvalue weighted by Gasteiger charge is 2.21. The van der Waals surface area contributed by atoms with E-state index in [1.54, 1.807) is 0 Å². The van der Waals surface area contributed by atoms with Crippen LogP contribution in [0.1, 0.15) is 43.7 Å². The second-order valence-corrected chi connectivity index (χ2v) is 8.10. The van der Waals surface area contributed by atoms with Crippen LogP contribution >= 0.6 is 24.0 Å². The number of nitrogens with two attached hydrogens (primary N) is 1. The number of nitrogens with zero attached hydrogens (tertiary/aromatic N) is 3. The fraction of sp³-hybridized carbons (Fsp3) is 0.667. The third-order valence-corrected chi connectivity index (χ3v) is 5.73. The SMILES string of the molecule is Cc1ccc(CN2CCC(CN=C(N)N3CCCC(C)C3)CC2)cc1.I. The molecule has 3 rings (SSSR count). The van der Waals surface area contributed by atoms with Crippen LogP contribution < -0.4 is 5.73 Å². The number of piperidine rings is 2. The summed E-state index contributed by atoms with van der Waals surface area (Å²) in [5, 5.41) is 0. The number of likely N-dealkylation sites (tertiary alicyclic amines) is 2. The van der Waals surface area contributed by atoms with E-state index in [0.717, 1.165) is 38.1 Å². The van der Waals surface area contributed by atoms with Crippen molar-refractivity contribution in [2.24, 2.45) is 22.6 Å². The molecule has 4 nitrogen and oxygen atoms in total. The van der Waals surface area contributed by atoms with Crippen LogP contribution in [0.15, 0.2) is 29.3 Å². The molecule has 2 heterocycles. The van der Waals surface area contributed by atoms with Gasteiger partial charge in [0.2, 0.25) is 0 Å². The Labute approximate surface area is 176 Å². The van der Waals surface area contributed by atoms with Crippen LogP contribution in [0, 0.1) is 18.8 Å². The number of hydrogen-bond donors (Lipinski definition) is 1. The number of rotatable bonds is 4. The van der Waals surface area contributed by atoms with E-state index in [9.17, 15) is 0 Å². The van der Waals surface area contributed by atoms with Gasteiger partial charge in [-0.1, -0.05) is 36.8 Å². The highest BCUT2D eigenvalue weighted by molar-refractivity contribution is 14.0. The lowest BCUT2D eigenvalue weighted by molar-refractivity contribution is 0.180. The molecule has 0 saturated carbocycles. The second-order valence-electron chi connectivity index (χ2n) is 8.10. The first-order chi connectivity index (χ1) is 12.1. The fourth-order valence-electron chi connectivity index (χ4n) is 4.00. The Bertz CT molecular complexity index is 564. The maximum Gasteiger partial charge on any atom is 0.191 e. The van der Waals surface area contributed by atoms with Crippen molar-refractivity contribution >= 4 is 29.9 Å². The van der Waals surface area contributed by atoms with Crippen molar-refractivity contribution < 1.29 is 0 Å². The molecule has 0 aliphatic carbocycles. The van der Waals surface area contributed by atoms with Crippen molar-refractivity contribution in [3.8, 4) is 0 Å². The molecule has 2 fully saturated rings. The van der Waals surface area contributed by atoms with Gasteiger partial charge in [0, 0.05) is 26.2 Å². The molecular formula is C21H35IN4. The lowest BCUT2D eigenvalue weighted by Gasteiger charge is -2.33. The minimum atomic E-state index is 0. The van der Waals surface area contributed by atoms with Crippen molar-refractivity contribution in [1.82, 2.24) is 9.80 Å². The summed E-state index contributed by atoms with van der Waals surface area (Å²) in [5.74, 6) is 2.20. The van der Waals surface area contributed by atoms with Crippen molar-refractivity contribution in [2.45, 2.75) is 46.1 Å². The Morgan fingerprint density at radius 1 is 1.12 bits per heavy atom. The van der Waals surface area contributed by atoms with Gasteiger partial charge < -0.3 is 10.6 Å². The van der Waals surface area contributed by atoms with Crippen LogP contribution in [0.25, 0.3) is 0 Å². The van der Waals surface area contributed by atoms with E-state index in [1.165, 1.54) is 49.9 Å². The van der Waals surface area contributed by atoms with Crippen LogP contribution in [0.2, 0.25) is 0 Å². The summed E-state index contributed by atoms with van der Waals surface area (Å²) in [4.78, 5) is 9.57. The first kappa shape index (κ1) is 21.5. The van der Waals surface area contributed by atoms with Crippen LogP contribution in [-0.2, 0) is 6.54 Å². The third kappa shape index (κ3) is 6.41. The lowest BCUT2D eigenvalue weighted by atomic mass is 9.96. The van der Waals surface area contributed by atoms with Gasteiger partial charge in [0.1, 0.15) is 0 Å². The predicted molar refractivity (Wildman–Crippen MR) is 121 cm³/mol. The molecule has 0 bridgehead atoms. The second kappa shape index (κ2) is 10.5. The maximum absolute atomic E-state index is 6.23. The number of halogens is 1. The van der Waals surface area contributed by atoms with Gasteiger partial charge in [0.25, 0.3) is 0 Å². The zero-order chi connectivity index (χ0) is 17.6. The van der Waals surface area contributed by atoms with E-state index < -0.39 is 0 Å². The Morgan fingerprint density at radius 3 is 2.46 bits per heavy atom. The topological polar surface area (TPSA) is 44.9 Å². The molecule has 0 amide bonds. The summed E-state index contributed by atoms with van der Waals surface area (Å²) in [6.45, 7) is 10.9. The molecule has 146 valence electrons. The summed E-state index contributed by atoms with van der Waals surface area (Å²) in [6.07, 6.45) is 5.04. The van der Waals surface area contributed by atoms with Gasteiger partial charge in [-0.25, -0.2) is 0 Å². The van der Waals surface area contributed by atoms with Gasteiger partial charge in [-0.3, -0.25) is 9.89 Å². The largest absolute Gasteiger partial charge is 0.370 e. The zero-order valence-corrected chi connectivity index (χ0v) is 18.7. The quantitative estimate of drug-likeness (QED) is 0.413. The summed E-state index contributed by atoms with van der Waals surface area (Å²) in [5.41, 5.74) is 8.99. The van der Waals surface area contributed by atoms with E-state index in [4.69, 9.17) is 10.7 Å². The standard InChI is InChI=1S/C21H34N4.HI/c1-17-5-7-20(8-6-17)16-24-12-9-19(10-13-24)14-23-21(22)25-11-3-4-18(2)15-25;/h5-8,18-19H,3-4,9-16H2,1-2H3,(H2,22,23);1H.